The number of Topliss-reactive ketones (excluding diaryl/α,β-unsaturated/α-hetero) is 2. The van der Waals surface area contributed by atoms with E-state index in [1.807, 2.05) is 13.8 Å². The molecule has 0 aromatic carbocycles. The van der Waals surface area contributed by atoms with Crippen LogP contribution in [0.15, 0.2) is 35.8 Å². The van der Waals surface area contributed by atoms with E-state index in [9.17, 15) is 23.7 Å². The van der Waals surface area contributed by atoms with Gasteiger partial charge < -0.3 is 23.7 Å². The third-order valence-corrected chi connectivity index (χ3v) is 8.64. The Hall–Kier alpha value is -3.61. The second-order valence-electron chi connectivity index (χ2n) is 9.68. The van der Waals surface area contributed by atoms with Crippen molar-refractivity contribution in [2.24, 2.45) is 19.6 Å². The van der Waals surface area contributed by atoms with Crippen molar-refractivity contribution in [3.05, 3.63) is 69.7 Å². The summed E-state index contributed by atoms with van der Waals surface area (Å²) >= 11 is 0. The topological polar surface area (TPSA) is 172 Å². The van der Waals surface area contributed by atoms with Crippen molar-refractivity contribution in [3.8, 4) is 0 Å². The van der Waals surface area contributed by atoms with E-state index in [-0.39, 0.29) is 64.7 Å². The van der Waals surface area contributed by atoms with Crippen molar-refractivity contribution >= 4 is 30.8 Å². The molecule has 4 rings (SSSR count). The normalized spacial score (nSPS) is 15.8. The zero-order valence-electron chi connectivity index (χ0n) is 24.6. The molecule has 0 saturated heterocycles. The highest BCUT2D eigenvalue weighted by atomic mass is 31.2. The standard InChI is InChI=1S/C17H26N3O5P.C11H11NO4/c1-5-7-20(8-6-2)26(18,23)25-11-12-9-13-16(19(12)3)14(21)10-15(24-4)17(13)22;1-12-6(5-13)3-7-10(12)8(14)4-9(16-2)11(7)15/h9-10H,5-8,11H2,1-4H3,(H2,18,23);3-4,13H,5H2,1-2H3. The molecule has 0 saturated carbocycles. The summed E-state index contributed by atoms with van der Waals surface area (Å²) in [5.41, 5.74) is 8.11. The van der Waals surface area contributed by atoms with Crippen LogP contribution in [0, 0.1) is 0 Å². The molecule has 3 N–H and O–H groups in total. The minimum Gasteiger partial charge on any atom is -0.492 e. The number of hydrogen-bond donors (Lipinski definition) is 2. The van der Waals surface area contributed by atoms with Gasteiger partial charge in [-0.1, -0.05) is 13.8 Å². The van der Waals surface area contributed by atoms with Crippen LogP contribution in [-0.4, -0.2) is 69.4 Å². The molecule has 2 aromatic heterocycles. The van der Waals surface area contributed by atoms with Gasteiger partial charge in [0.1, 0.15) is 11.4 Å². The van der Waals surface area contributed by atoms with Crippen molar-refractivity contribution < 1.29 is 42.8 Å². The number of rotatable bonds is 11. The van der Waals surface area contributed by atoms with Gasteiger partial charge in [0.2, 0.25) is 23.1 Å². The van der Waals surface area contributed by atoms with Gasteiger partial charge in [0.05, 0.1) is 38.6 Å². The summed E-state index contributed by atoms with van der Waals surface area (Å²) in [5, 5.41) is 9.07. The predicted octanol–water partition coefficient (Wildman–Crippen LogP) is 3.07. The van der Waals surface area contributed by atoms with Gasteiger partial charge in [-0.05, 0) is 25.0 Å². The average Bonchev–Trinajstić information content (AvgIpc) is 3.49. The minimum absolute atomic E-state index is 0.00197. The van der Waals surface area contributed by atoms with Gasteiger partial charge in [0.15, 0.2) is 11.5 Å². The highest BCUT2D eigenvalue weighted by Gasteiger charge is 2.33. The first kappa shape index (κ1) is 32.9. The quantitative estimate of drug-likeness (QED) is 0.361. The highest BCUT2D eigenvalue weighted by molar-refractivity contribution is 7.53. The van der Waals surface area contributed by atoms with Gasteiger partial charge in [0.25, 0.3) is 0 Å². The van der Waals surface area contributed by atoms with Crippen LogP contribution in [0.2, 0.25) is 0 Å². The maximum atomic E-state index is 12.8. The van der Waals surface area contributed by atoms with E-state index in [4.69, 9.17) is 24.6 Å². The zero-order chi connectivity index (χ0) is 31.4. The van der Waals surface area contributed by atoms with E-state index in [1.54, 1.807) is 29.4 Å². The molecule has 13 nitrogen and oxygen atoms in total. The Balaban J connectivity index is 0.000000258. The highest BCUT2D eigenvalue weighted by Crippen LogP contribution is 2.43. The number of fused-ring (bicyclic) bond motifs is 2. The molecule has 0 aliphatic heterocycles. The summed E-state index contributed by atoms with van der Waals surface area (Å²) in [6.45, 7) is 4.82. The van der Waals surface area contributed by atoms with Crippen molar-refractivity contribution in [3.63, 3.8) is 0 Å². The molecule has 0 spiro atoms. The Morgan fingerprint density at radius 1 is 0.833 bits per heavy atom. The number of aromatic nitrogens is 2. The molecule has 2 heterocycles. The molecule has 0 radical (unpaired) electrons. The lowest BCUT2D eigenvalue weighted by Crippen LogP contribution is -2.27. The van der Waals surface area contributed by atoms with E-state index in [2.05, 4.69) is 0 Å². The number of carbonyl (C=O) groups is 4. The average molecular weight is 605 g/mol. The van der Waals surface area contributed by atoms with Crippen molar-refractivity contribution in [2.45, 2.75) is 39.9 Å². The molecule has 1 unspecified atom stereocenters. The fraction of sp³-hybridized carbons (Fsp3) is 0.429. The van der Waals surface area contributed by atoms with Gasteiger partial charge >= 0.3 is 7.67 Å². The smallest absolute Gasteiger partial charge is 0.341 e. The number of hydrogen-bond acceptors (Lipinski definition) is 9. The SMILES string of the molecule is CCCN(CCC)P(N)(=O)OCc1cc2c(n1C)C(=O)C=C(OC)C2=O.COC1=CC(=O)c2c(cc(CO)n2C)C1=O. The Morgan fingerprint density at radius 3 is 1.67 bits per heavy atom. The number of nitrogens with zero attached hydrogens (tertiary/aromatic N) is 3. The van der Waals surface area contributed by atoms with Gasteiger partial charge in [-0.2, -0.15) is 0 Å². The molecule has 2 aliphatic rings. The van der Waals surface area contributed by atoms with Crippen LogP contribution >= 0.6 is 7.67 Å². The summed E-state index contributed by atoms with van der Waals surface area (Å²) in [4.78, 5) is 48.2. The first-order valence-electron chi connectivity index (χ1n) is 13.3. The number of ether oxygens (including phenoxy) is 2. The largest absolute Gasteiger partial charge is 0.492 e. The van der Waals surface area contributed by atoms with E-state index in [1.165, 1.54) is 37.0 Å². The molecular formula is C28H37N4O9P. The third-order valence-electron chi connectivity index (χ3n) is 6.95. The molecule has 14 heteroatoms. The van der Waals surface area contributed by atoms with Crippen LogP contribution < -0.4 is 5.50 Å². The van der Waals surface area contributed by atoms with Crippen LogP contribution in [-0.2, 0) is 45.9 Å². The number of ketones is 4. The number of aliphatic hydroxyl groups is 1. The van der Waals surface area contributed by atoms with Crippen LogP contribution in [0.4, 0.5) is 0 Å². The Labute approximate surface area is 244 Å². The molecule has 228 valence electrons. The van der Waals surface area contributed by atoms with Crippen molar-refractivity contribution in [2.75, 3.05) is 27.3 Å². The third kappa shape index (κ3) is 6.40. The fourth-order valence-electron chi connectivity index (χ4n) is 4.77. The molecular weight excluding hydrogens is 567 g/mol. The number of aliphatic hydroxyl groups excluding tert-OH is 1. The Bertz CT molecular complexity index is 1510. The molecule has 1 atom stereocenters. The van der Waals surface area contributed by atoms with Crippen LogP contribution in [0.25, 0.3) is 0 Å². The van der Waals surface area contributed by atoms with Gasteiger partial charge in [0, 0.05) is 50.7 Å². The second kappa shape index (κ2) is 13.6. The first-order valence-corrected chi connectivity index (χ1v) is 15.0. The maximum absolute atomic E-state index is 12.8. The Morgan fingerprint density at radius 2 is 1.26 bits per heavy atom. The summed E-state index contributed by atoms with van der Waals surface area (Å²) in [5.74, 6) is -1.26. The van der Waals surface area contributed by atoms with Gasteiger partial charge in [-0.15, -0.1) is 0 Å². The fourth-order valence-corrected chi connectivity index (χ4v) is 6.20. The summed E-state index contributed by atoms with van der Waals surface area (Å²) < 4.78 is 32.8. The van der Waals surface area contributed by atoms with E-state index >= 15 is 0 Å². The molecule has 2 aliphatic carbocycles. The molecule has 0 amide bonds. The van der Waals surface area contributed by atoms with Crippen LogP contribution in [0.3, 0.4) is 0 Å². The molecule has 2 aromatic rings. The molecule has 42 heavy (non-hydrogen) atoms. The van der Waals surface area contributed by atoms with E-state index < -0.39 is 7.67 Å². The second-order valence-corrected chi connectivity index (χ2v) is 11.6. The zero-order valence-corrected chi connectivity index (χ0v) is 25.5. The van der Waals surface area contributed by atoms with Crippen LogP contribution in [0.5, 0.6) is 0 Å². The summed E-state index contributed by atoms with van der Waals surface area (Å²) in [7, 11) is 2.52. The lowest BCUT2D eigenvalue weighted by molar-refractivity contribution is 0.0913. The van der Waals surface area contributed by atoms with E-state index in [0.29, 0.717) is 30.2 Å². The van der Waals surface area contributed by atoms with Gasteiger partial charge in [-0.3, -0.25) is 28.3 Å². The molecule has 0 fully saturated rings. The van der Waals surface area contributed by atoms with Crippen LogP contribution in [0.1, 0.15) is 79.8 Å². The van der Waals surface area contributed by atoms with E-state index in [0.717, 1.165) is 12.8 Å². The molecule has 0 bridgehead atoms. The lowest BCUT2D eigenvalue weighted by atomic mass is 10.0. The number of carbonyl (C=O) groups excluding carboxylic acids is 4. The first-order chi connectivity index (χ1) is 19.9. The number of nitrogens with two attached hydrogens (primary N) is 1. The number of allylic oxidation sites excluding steroid dienone is 4. The Kier molecular flexibility index (Phi) is 10.6. The van der Waals surface area contributed by atoms with Crippen molar-refractivity contribution in [1.29, 1.82) is 0 Å². The predicted molar refractivity (Wildman–Crippen MR) is 153 cm³/mol. The number of methoxy groups -OCH3 is 2. The summed E-state index contributed by atoms with van der Waals surface area (Å²) in [6.07, 6.45) is 3.95. The summed E-state index contributed by atoms with van der Waals surface area (Å²) in [6, 6.07) is 3.08. The maximum Gasteiger partial charge on any atom is 0.341 e. The minimum atomic E-state index is -3.46. The monoisotopic (exact) mass is 604 g/mol. The van der Waals surface area contributed by atoms with Gasteiger partial charge in [-0.25, -0.2) is 10.2 Å². The van der Waals surface area contributed by atoms with Crippen molar-refractivity contribution in [1.82, 2.24) is 13.8 Å². The lowest BCUT2D eigenvalue weighted by Gasteiger charge is -2.27.